The van der Waals surface area contributed by atoms with E-state index in [1.807, 2.05) is 41.5 Å². The highest BCUT2D eigenvalue weighted by atomic mass is 16.0. The van der Waals surface area contributed by atoms with Crippen LogP contribution < -0.4 is 0 Å². The topological polar surface area (TPSA) is 63.0 Å². The van der Waals surface area contributed by atoms with Crippen LogP contribution in [0, 0.1) is 11.8 Å². The van der Waals surface area contributed by atoms with Crippen molar-refractivity contribution in [3.05, 3.63) is 0 Å². The molecule has 0 unspecified atom stereocenters. The summed E-state index contributed by atoms with van der Waals surface area (Å²) in [6, 6.07) is 0. The highest BCUT2D eigenvalue weighted by molar-refractivity contribution is 4.65. The van der Waals surface area contributed by atoms with E-state index >= 15 is 0 Å². The van der Waals surface area contributed by atoms with Crippen LogP contribution in [0.15, 0.2) is 0 Å². The third-order valence-electron chi connectivity index (χ3n) is 5.33. The Morgan fingerprint density at radius 1 is 0.536 bits per heavy atom. The first kappa shape index (κ1) is 38.5. The highest BCUT2D eigenvalue weighted by Crippen LogP contribution is 2.28. The summed E-state index contributed by atoms with van der Waals surface area (Å²) in [6.45, 7) is 16.7. The first-order chi connectivity index (χ1) is 12.8. The van der Waals surface area contributed by atoms with Gasteiger partial charge in [0.2, 0.25) is 0 Å². The van der Waals surface area contributed by atoms with Gasteiger partial charge in [0.1, 0.15) is 0 Å². The lowest BCUT2D eigenvalue weighted by atomic mass is 9.85. The molecule has 0 spiro atoms. The van der Waals surface area contributed by atoms with Crippen LogP contribution in [-0.4, -0.2) is 11.0 Å². The first-order valence-corrected chi connectivity index (χ1v) is 12.8. The zero-order valence-corrected chi connectivity index (χ0v) is 21.5. The molecule has 0 aromatic rings. The molecule has 28 heavy (non-hydrogen) atoms. The Hall–Kier alpha value is -0.0800. The predicted molar refractivity (Wildman–Crippen MR) is 133 cm³/mol. The molecule has 0 saturated heterocycles. The van der Waals surface area contributed by atoms with Gasteiger partial charge in [0.25, 0.3) is 0 Å². The van der Waals surface area contributed by atoms with E-state index in [1.165, 1.54) is 103 Å². The molecule has 0 radical (unpaired) electrons. The Morgan fingerprint density at radius 2 is 0.929 bits per heavy atom. The van der Waals surface area contributed by atoms with Gasteiger partial charge in [0.15, 0.2) is 0 Å². The molecule has 0 bridgehead atoms. The Morgan fingerprint density at radius 3 is 1.29 bits per heavy atom. The van der Waals surface area contributed by atoms with Gasteiger partial charge in [0.05, 0.1) is 0 Å². The zero-order valence-electron chi connectivity index (χ0n) is 21.5. The van der Waals surface area contributed by atoms with E-state index in [0.29, 0.717) is 0 Å². The van der Waals surface area contributed by atoms with Gasteiger partial charge in [-0.2, -0.15) is 0 Å². The monoisotopic (exact) mass is 406 g/mol. The SMILES string of the molecule is CC.CC.CC.CC1CCCCC1.CCCCCCCC1CCCCC1.O.O. The van der Waals surface area contributed by atoms with Gasteiger partial charge < -0.3 is 11.0 Å². The molecule has 0 amide bonds. The highest BCUT2D eigenvalue weighted by Gasteiger charge is 2.12. The lowest BCUT2D eigenvalue weighted by molar-refractivity contribution is 0.328. The number of hydrogen-bond donors (Lipinski definition) is 0. The smallest absolute Gasteiger partial charge is 0.0414 e. The summed E-state index contributed by atoms with van der Waals surface area (Å²) in [7, 11) is 0. The zero-order chi connectivity index (χ0) is 20.5. The van der Waals surface area contributed by atoms with Crippen molar-refractivity contribution in [1.29, 1.82) is 0 Å². The van der Waals surface area contributed by atoms with Crippen LogP contribution in [-0.2, 0) is 0 Å². The number of hydrogen-bond acceptors (Lipinski definition) is 0. The Kier molecular flexibility index (Phi) is 51.8. The Balaban J connectivity index is -0.000000101. The van der Waals surface area contributed by atoms with Gasteiger partial charge in [-0.05, 0) is 11.8 Å². The maximum absolute atomic E-state index is 2.36. The van der Waals surface area contributed by atoms with Gasteiger partial charge in [-0.1, -0.05) is 158 Å². The Labute approximate surface area is 181 Å². The van der Waals surface area contributed by atoms with E-state index in [-0.39, 0.29) is 11.0 Å². The molecular weight excluding hydrogens is 344 g/mol. The van der Waals surface area contributed by atoms with Crippen molar-refractivity contribution in [2.24, 2.45) is 11.8 Å². The molecule has 0 heterocycles. The molecule has 0 atom stereocenters. The summed E-state index contributed by atoms with van der Waals surface area (Å²) >= 11 is 0. The molecule has 2 saturated carbocycles. The molecule has 4 N–H and O–H groups in total. The van der Waals surface area contributed by atoms with E-state index in [0.717, 1.165) is 11.8 Å². The number of unbranched alkanes of at least 4 members (excludes halogenated alkanes) is 4. The van der Waals surface area contributed by atoms with E-state index in [2.05, 4.69) is 13.8 Å². The van der Waals surface area contributed by atoms with Crippen molar-refractivity contribution in [2.75, 3.05) is 0 Å². The van der Waals surface area contributed by atoms with Gasteiger partial charge in [-0.3, -0.25) is 0 Å². The molecule has 178 valence electrons. The summed E-state index contributed by atoms with van der Waals surface area (Å²) in [4.78, 5) is 0. The summed E-state index contributed by atoms with van der Waals surface area (Å²) in [5.74, 6) is 2.14. The Bertz CT molecular complexity index is 195. The van der Waals surface area contributed by atoms with E-state index in [9.17, 15) is 0 Å². The predicted octanol–water partition coefficient (Wildman–Crippen LogP) is 8.94. The van der Waals surface area contributed by atoms with Crippen LogP contribution in [0.25, 0.3) is 0 Å². The van der Waals surface area contributed by atoms with Gasteiger partial charge in [0, 0.05) is 0 Å². The molecular formula is C26H62O2. The van der Waals surface area contributed by atoms with Crippen molar-refractivity contribution in [2.45, 2.75) is 158 Å². The van der Waals surface area contributed by atoms with Crippen LogP contribution >= 0.6 is 0 Å². The fourth-order valence-corrected chi connectivity index (χ4v) is 3.82. The third kappa shape index (κ3) is 30.6. The molecule has 0 aromatic carbocycles. The molecule has 0 aliphatic heterocycles. The van der Waals surface area contributed by atoms with Crippen LogP contribution in [0.5, 0.6) is 0 Å². The van der Waals surface area contributed by atoms with Crippen molar-refractivity contribution >= 4 is 0 Å². The lowest BCUT2D eigenvalue weighted by Crippen LogP contribution is -2.05. The molecule has 2 rings (SSSR count). The summed E-state index contributed by atoms with van der Waals surface area (Å²) in [6.07, 6.45) is 23.9. The molecule has 2 nitrogen and oxygen atoms in total. The van der Waals surface area contributed by atoms with Crippen LogP contribution in [0.1, 0.15) is 158 Å². The second kappa shape index (κ2) is 37.6. The van der Waals surface area contributed by atoms with E-state index in [4.69, 9.17) is 0 Å². The molecule has 2 fully saturated rings. The van der Waals surface area contributed by atoms with Crippen molar-refractivity contribution in [3.63, 3.8) is 0 Å². The standard InChI is InChI=1S/C13H26.C7H14.3C2H6.2H2O/c1-2-3-4-5-7-10-13-11-8-6-9-12-13;1-7-5-3-2-4-6-7;3*1-2;;/h13H,2-12H2,1H3;7H,2-6H2,1H3;3*1-2H3;2*1H2. The second-order valence-corrected chi connectivity index (χ2v) is 7.45. The number of rotatable bonds is 6. The van der Waals surface area contributed by atoms with Crippen LogP contribution in [0.3, 0.4) is 0 Å². The van der Waals surface area contributed by atoms with E-state index < -0.39 is 0 Å². The van der Waals surface area contributed by atoms with Crippen molar-refractivity contribution in [3.8, 4) is 0 Å². The molecule has 2 heteroatoms. The van der Waals surface area contributed by atoms with E-state index in [1.54, 1.807) is 0 Å². The normalized spacial score (nSPS) is 15.9. The minimum absolute atomic E-state index is 0. The molecule has 2 aliphatic carbocycles. The van der Waals surface area contributed by atoms with Crippen molar-refractivity contribution < 1.29 is 11.0 Å². The maximum Gasteiger partial charge on any atom is -0.0414 e. The second-order valence-electron chi connectivity index (χ2n) is 7.45. The summed E-state index contributed by atoms with van der Waals surface area (Å²) < 4.78 is 0. The largest absolute Gasteiger partial charge is 0.412 e. The van der Waals surface area contributed by atoms with Crippen LogP contribution in [0.4, 0.5) is 0 Å². The first-order valence-electron chi connectivity index (χ1n) is 12.8. The average Bonchev–Trinajstić information content (AvgIpc) is 2.74. The minimum atomic E-state index is 0. The fraction of sp³-hybridized carbons (Fsp3) is 1.00. The summed E-state index contributed by atoms with van der Waals surface area (Å²) in [5.41, 5.74) is 0. The average molecular weight is 407 g/mol. The van der Waals surface area contributed by atoms with Gasteiger partial charge in [-0.15, -0.1) is 0 Å². The summed E-state index contributed by atoms with van der Waals surface area (Å²) in [5, 5.41) is 0. The fourth-order valence-electron chi connectivity index (χ4n) is 3.82. The van der Waals surface area contributed by atoms with Crippen molar-refractivity contribution in [1.82, 2.24) is 0 Å². The lowest BCUT2D eigenvalue weighted by Gasteiger charge is -2.21. The quantitative estimate of drug-likeness (QED) is 0.395. The maximum atomic E-state index is 2.36. The minimum Gasteiger partial charge on any atom is -0.412 e. The third-order valence-corrected chi connectivity index (χ3v) is 5.33. The van der Waals surface area contributed by atoms with Gasteiger partial charge in [-0.25, -0.2) is 0 Å². The molecule has 2 aliphatic rings. The van der Waals surface area contributed by atoms with Gasteiger partial charge >= 0.3 is 0 Å². The van der Waals surface area contributed by atoms with Crippen LogP contribution in [0.2, 0.25) is 0 Å². The molecule has 0 aromatic heterocycles.